The Hall–Kier alpha value is -0.0900. The molecule has 0 spiro atoms. The van der Waals surface area contributed by atoms with E-state index in [0.717, 1.165) is 6.04 Å². The molecule has 0 amide bonds. The van der Waals surface area contributed by atoms with Crippen molar-refractivity contribution in [1.29, 1.82) is 0 Å². The van der Waals surface area contributed by atoms with Crippen molar-refractivity contribution < 1.29 is 0 Å². The second kappa shape index (κ2) is 4.62. The first-order chi connectivity index (χ1) is 6.75. The molecule has 0 heterocycles. The average molecular weight is 301 g/mol. The Balaban J connectivity index is 1.95. The van der Waals surface area contributed by atoms with Crippen LogP contribution in [-0.4, -0.2) is 6.04 Å². The Morgan fingerprint density at radius 2 is 1.93 bits per heavy atom. The van der Waals surface area contributed by atoms with Crippen molar-refractivity contribution in [2.75, 3.05) is 0 Å². The highest BCUT2D eigenvalue weighted by Crippen LogP contribution is 2.23. The molecule has 1 aromatic rings. The first-order valence-corrected chi connectivity index (χ1v) is 6.35. The maximum atomic E-state index is 3.65. The fourth-order valence-corrected chi connectivity index (χ4v) is 2.14. The fraction of sp³-hybridized carbons (Fsp3) is 0.500. The van der Waals surface area contributed by atoms with E-state index < -0.39 is 0 Å². The molecule has 1 atom stereocenters. The Labute approximate surface area is 99.4 Å². The molecule has 1 aromatic carbocycles. The standard InChI is InChI=1S/C12H16IN/c1-9(14-12-3-2-4-12)10-5-7-11(13)8-6-10/h5-9,12,14H,2-4H2,1H3. The van der Waals surface area contributed by atoms with Crippen LogP contribution in [0.3, 0.4) is 0 Å². The van der Waals surface area contributed by atoms with Gasteiger partial charge in [0.1, 0.15) is 0 Å². The van der Waals surface area contributed by atoms with Crippen molar-refractivity contribution in [2.24, 2.45) is 0 Å². The van der Waals surface area contributed by atoms with Crippen LogP contribution in [0.1, 0.15) is 37.8 Å². The third-order valence-corrected chi connectivity index (χ3v) is 3.68. The maximum Gasteiger partial charge on any atom is 0.0294 e. The van der Waals surface area contributed by atoms with E-state index in [4.69, 9.17) is 0 Å². The van der Waals surface area contributed by atoms with Crippen LogP contribution in [0.25, 0.3) is 0 Å². The minimum atomic E-state index is 0.497. The molecule has 2 heteroatoms. The molecule has 1 N–H and O–H groups in total. The molecule has 0 aromatic heterocycles. The second-order valence-electron chi connectivity index (χ2n) is 4.07. The van der Waals surface area contributed by atoms with E-state index in [1.165, 1.54) is 28.4 Å². The predicted octanol–water partition coefficient (Wildman–Crippen LogP) is 3.49. The van der Waals surface area contributed by atoms with Gasteiger partial charge in [-0.2, -0.15) is 0 Å². The van der Waals surface area contributed by atoms with E-state index in [0.29, 0.717) is 6.04 Å². The van der Waals surface area contributed by atoms with Gasteiger partial charge in [-0.3, -0.25) is 0 Å². The molecule has 1 nitrogen and oxygen atoms in total. The summed E-state index contributed by atoms with van der Waals surface area (Å²) in [5.41, 5.74) is 1.40. The van der Waals surface area contributed by atoms with E-state index in [-0.39, 0.29) is 0 Å². The van der Waals surface area contributed by atoms with Crippen LogP contribution in [0.4, 0.5) is 0 Å². The lowest BCUT2D eigenvalue weighted by Gasteiger charge is -2.30. The molecular formula is C12H16IN. The molecule has 76 valence electrons. The first-order valence-electron chi connectivity index (χ1n) is 5.27. The summed E-state index contributed by atoms with van der Waals surface area (Å²) in [6.07, 6.45) is 4.11. The van der Waals surface area contributed by atoms with Gasteiger partial charge in [-0.15, -0.1) is 0 Å². The van der Waals surface area contributed by atoms with Crippen LogP contribution in [0.5, 0.6) is 0 Å². The molecule has 0 saturated heterocycles. The first kappa shape index (κ1) is 10.4. The summed E-state index contributed by atoms with van der Waals surface area (Å²) < 4.78 is 1.31. The molecule has 0 bridgehead atoms. The zero-order chi connectivity index (χ0) is 9.97. The average Bonchev–Trinajstić information content (AvgIpc) is 2.12. The monoisotopic (exact) mass is 301 g/mol. The van der Waals surface area contributed by atoms with Gasteiger partial charge < -0.3 is 5.32 Å². The zero-order valence-corrected chi connectivity index (χ0v) is 10.6. The molecule has 1 aliphatic rings. The molecule has 1 fully saturated rings. The van der Waals surface area contributed by atoms with E-state index in [1.807, 2.05) is 0 Å². The van der Waals surface area contributed by atoms with Crippen molar-refractivity contribution in [2.45, 2.75) is 38.3 Å². The van der Waals surface area contributed by atoms with Crippen molar-refractivity contribution in [3.05, 3.63) is 33.4 Å². The topological polar surface area (TPSA) is 12.0 Å². The molecule has 0 aliphatic heterocycles. The summed E-state index contributed by atoms with van der Waals surface area (Å²) in [6.45, 7) is 2.25. The normalized spacial score (nSPS) is 19.0. The maximum absolute atomic E-state index is 3.65. The van der Waals surface area contributed by atoms with E-state index in [2.05, 4.69) is 59.1 Å². The van der Waals surface area contributed by atoms with E-state index in [9.17, 15) is 0 Å². The Kier molecular flexibility index (Phi) is 3.44. The molecule has 2 rings (SSSR count). The van der Waals surface area contributed by atoms with Crippen LogP contribution >= 0.6 is 22.6 Å². The van der Waals surface area contributed by atoms with Crippen LogP contribution in [-0.2, 0) is 0 Å². The summed E-state index contributed by atoms with van der Waals surface area (Å²) >= 11 is 2.34. The molecule has 1 saturated carbocycles. The number of halogens is 1. The van der Waals surface area contributed by atoms with Crippen molar-refractivity contribution in [3.8, 4) is 0 Å². The fourth-order valence-electron chi connectivity index (χ4n) is 1.78. The predicted molar refractivity (Wildman–Crippen MR) is 68.3 cm³/mol. The third-order valence-electron chi connectivity index (χ3n) is 2.96. The third kappa shape index (κ3) is 2.48. The summed E-state index contributed by atoms with van der Waals surface area (Å²) in [5, 5.41) is 3.65. The van der Waals surface area contributed by atoms with Gasteiger partial charge in [0.25, 0.3) is 0 Å². The van der Waals surface area contributed by atoms with Gasteiger partial charge in [0, 0.05) is 15.7 Å². The van der Waals surface area contributed by atoms with Gasteiger partial charge in [0.2, 0.25) is 0 Å². The van der Waals surface area contributed by atoms with E-state index in [1.54, 1.807) is 0 Å². The van der Waals surface area contributed by atoms with Crippen LogP contribution in [0.15, 0.2) is 24.3 Å². The van der Waals surface area contributed by atoms with Crippen molar-refractivity contribution >= 4 is 22.6 Å². The molecule has 1 aliphatic carbocycles. The zero-order valence-electron chi connectivity index (χ0n) is 8.46. The highest BCUT2D eigenvalue weighted by molar-refractivity contribution is 14.1. The van der Waals surface area contributed by atoms with Gasteiger partial charge in [-0.25, -0.2) is 0 Å². The Bertz CT molecular complexity index is 290. The lowest BCUT2D eigenvalue weighted by atomic mass is 9.92. The molecular weight excluding hydrogens is 285 g/mol. The quantitative estimate of drug-likeness (QED) is 0.843. The number of hydrogen-bond donors (Lipinski definition) is 1. The SMILES string of the molecule is CC(NC1CCC1)c1ccc(I)cc1. The van der Waals surface area contributed by atoms with Crippen LogP contribution < -0.4 is 5.32 Å². The summed E-state index contributed by atoms with van der Waals surface area (Å²) in [4.78, 5) is 0. The van der Waals surface area contributed by atoms with Crippen molar-refractivity contribution in [3.63, 3.8) is 0 Å². The number of nitrogens with one attached hydrogen (secondary N) is 1. The van der Waals surface area contributed by atoms with E-state index >= 15 is 0 Å². The second-order valence-corrected chi connectivity index (χ2v) is 5.31. The van der Waals surface area contributed by atoms with Gasteiger partial charge in [-0.1, -0.05) is 18.6 Å². The van der Waals surface area contributed by atoms with Gasteiger partial charge in [-0.05, 0) is 60.1 Å². The largest absolute Gasteiger partial charge is 0.307 e. The molecule has 1 unspecified atom stereocenters. The van der Waals surface area contributed by atoms with Crippen LogP contribution in [0.2, 0.25) is 0 Å². The Morgan fingerprint density at radius 3 is 2.43 bits per heavy atom. The summed E-state index contributed by atoms with van der Waals surface area (Å²) in [5.74, 6) is 0. The number of benzene rings is 1. The molecule has 14 heavy (non-hydrogen) atoms. The number of rotatable bonds is 3. The minimum Gasteiger partial charge on any atom is -0.307 e. The molecule has 0 radical (unpaired) electrons. The van der Waals surface area contributed by atoms with Gasteiger partial charge in [0.15, 0.2) is 0 Å². The lowest BCUT2D eigenvalue weighted by Crippen LogP contribution is -2.36. The van der Waals surface area contributed by atoms with Gasteiger partial charge in [0.05, 0.1) is 0 Å². The highest BCUT2D eigenvalue weighted by Gasteiger charge is 2.19. The highest BCUT2D eigenvalue weighted by atomic mass is 127. The van der Waals surface area contributed by atoms with Crippen LogP contribution in [0, 0.1) is 3.57 Å². The number of hydrogen-bond acceptors (Lipinski definition) is 1. The Morgan fingerprint density at radius 1 is 1.29 bits per heavy atom. The smallest absolute Gasteiger partial charge is 0.0294 e. The van der Waals surface area contributed by atoms with Gasteiger partial charge >= 0.3 is 0 Å². The summed E-state index contributed by atoms with van der Waals surface area (Å²) in [7, 11) is 0. The van der Waals surface area contributed by atoms with Crippen molar-refractivity contribution in [1.82, 2.24) is 5.32 Å². The lowest BCUT2D eigenvalue weighted by molar-refractivity contribution is 0.313. The summed E-state index contributed by atoms with van der Waals surface area (Å²) in [6, 6.07) is 10.1. The minimum absolute atomic E-state index is 0.497.